The number of ether oxygens (including phenoxy) is 1. The van der Waals surface area contributed by atoms with Crippen LogP contribution in [0, 0.1) is 0 Å². The van der Waals surface area contributed by atoms with Crippen molar-refractivity contribution in [1.82, 2.24) is 0 Å². The summed E-state index contributed by atoms with van der Waals surface area (Å²) in [5.41, 5.74) is 5.13. The predicted octanol–water partition coefficient (Wildman–Crippen LogP) is 3.32. The van der Waals surface area contributed by atoms with Crippen LogP contribution >= 0.6 is 12.2 Å². The van der Waals surface area contributed by atoms with Gasteiger partial charge in [0.2, 0.25) is 0 Å². The molecule has 0 aliphatic carbocycles. The number of nitrogens with one attached hydrogen (secondary N) is 1. The van der Waals surface area contributed by atoms with Crippen LogP contribution in [0.5, 0.6) is 0 Å². The van der Waals surface area contributed by atoms with E-state index in [9.17, 15) is 13.2 Å². The molecule has 2 unspecified atom stereocenters. The molecule has 21 heavy (non-hydrogen) atoms. The molecule has 1 heterocycles. The van der Waals surface area contributed by atoms with Gasteiger partial charge in [-0.2, -0.15) is 13.2 Å². The average Bonchev–Trinajstić information content (AvgIpc) is 2.68. The third-order valence-electron chi connectivity index (χ3n) is 3.92. The van der Waals surface area contributed by atoms with Gasteiger partial charge in [0.25, 0.3) is 0 Å². The molecule has 7 heteroatoms. The number of hydrogen-bond acceptors (Lipinski definition) is 3. The van der Waals surface area contributed by atoms with Crippen molar-refractivity contribution in [3.05, 3.63) is 29.3 Å². The zero-order chi connectivity index (χ0) is 15.8. The molecule has 0 radical (unpaired) electrons. The molecule has 1 saturated heterocycles. The number of hydrogen-bond donors (Lipinski definition) is 2. The van der Waals surface area contributed by atoms with Gasteiger partial charge in [0, 0.05) is 17.9 Å². The maximum Gasteiger partial charge on any atom is 0.416 e. The lowest BCUT2D eigenvalue weighted by molar-refractivity contribution is -0.137. The molecule has 1 fully saturated rings. The minimum atomic E-state index is -4.42. The Hall–Kier alpha value is -1.34. The summed E-state index contributed by atoms with van der Waals surface area (Å²) in [5, 5.41) is 3.24. The van der Waals surface area contributed by atoms with Crippen molar-refractivity contribution in [3.63, 3.8) is 0 Å². The molecule has 0 saturated carbocycles. The van der Waals surface area contributed by atoms with Crippen LogP contribution in [0.1, 0.15) is 31.4 Å². The first-order chi connectivity index (χ1) is 9.63. The fraction of sp³-hybridized carbons (Fsp3) is 0.500. The minimum Gasteiger partial charge on any atom is -0.389 e. The molecule has 1 aromatic rings. The van der Waals surface area contributed by atoms with Crippen LogP contribution in [0.4, 0.5) is 18.9 Å². The van der Waals surface area contributed by atoms with Gasteiger partial charge in [0.15, 0.2) is 0 Å². The molecular weight excluding hydrogens is 301 g/mol. The van der Waals surface area contributed by atoms with E-state index in [4.69, 9.17) is 22.7 Å². The normalized spacial score (nSPS) is 25.9. The smallest absolute Gasteiger partial charge is 0.389 e. The summed E-state index contributed by atoms with van der Waals surface area (Å²) >= 11 is 4.88. The molecule has 0 amide bonds. The standard InChI is InChI=1S/C14H17F3N2OS/c1-8-13(2,5-6-20-8)19-11-4-3-9(14(15,16)17)7-10(11)12(18)21/h3-4,7-8,19H,5-6H2,1-2H3,(H2,18,21). The Labute approximate surface area is 126 Å². The second-order valence-electron chi connectivity index (χ2n) is 5.43. The van der Waals surface area contributed by atoms with Gasteiger partial charge in [-0.1, -0.05) is 12.2 Å². The summed E-state index contributed by atoms with van der Waals surface area (Å²) in [7, 11) is 0. The van der Waals surface area contributed by atoms with Crippen molar-refractivity contribution >= 4 is 22.9 Å². The lowest BCUT2D eigenvalue weighted by Crippen LogP contribution is -2.41. The fourth-order valence-corrected chi connectivity index (χ4v) is 2.51. The molecule has 3 nitrogen and oxygen atoms in total. The van der Waals surface area contributed by atoms with Gasteiger partial charge in [-0.15, -0.1) is 0 Å². The van der Waals surface area contributed by atoms with Crippen molar-refractivity contribution in [2.75, 3.05) is 11.9 Å². The molecule has 116 valence electrons. The third kappa shape index (κ3) is 3.29. The van der Waals surface area contributed by atoms with E-state index in [1.165, 1.54) is 6.07 Å². The van der Waals surface area contributed by atoms with Crippen LogP contribution in [-0.4, -0.2) is 23.2 Å². The highest BCUT2D eigenvalue weighted by atomic mass is 32.1. The van der Waals surface area contributed by atoms with Crippen molar-refractivity contribution in [2.45, 2.75) is 38.1 Å². The SMILES string of the molecule is CC1OCCC1(C)Nc1ccc(C(F)(F)F)cc1C(N)=S. The lowest BCUT2D eigenvalue weighted by atomic mass is 9.93. The summed E-state index contributed by atoms with van der Waals surface area (Å²) in [6, 6.07) is 3.37. The average molecular weight is 318 g/mol. The number of thiocarbonyl (C=S) groups is 1. The molecule has 0 bridgehead atoms. The number of rotatable bonds is 3. The van der Waals surface area contributed by atoms with Gasteiger partial charge < -0.3 is 15.8 Å². The molecule has 0 aromatic heterocycles. The topological polar surface area (TPSA) is 47.3 Å². The van der Waals surface area contributed by atoms with E-state index in [0.717, 1.165) is 18.6 Å². The highest BCUT2D eigenvalue weighted by Gasteiger charge is 2.38. The summed E-state index contributed by atoms with van der Waals surface area (Å²) in [6.45, 7) is 4.49. The van der Waals surface area contributed by atoms with E-state index in [1.807, 2.05) is 13.8 Å². The molecule has 1 aliphatic rings. The van der Waals surface area contributed by atoms with Crippen molar-refractivity contribution in [2.24, 2.45) is 5.73 Å². The van der Waals surface area contributed by atoms with Gasteiger partial charge >= 0.3 is 6.18 Å². The predicted molar refractivity (Wildman–Crippen MR) is 79.4 cm³/mol. The van der Waals surface area contributed by atoms with Crippen LogP contribution in [0.25, 0.3) is 0 Å². The first-order valence-corrected chi connectivity index (χ1v) is 6.95. The Kier molecular flexibility index (Phi) is 4.17. The van der Waals surface area contributed by atoms with Crippen LogP contribution in [0.2, 0.25) is 0 Å². The summed E-state index contributed by atoms with van der Waals surface area (Å²) < 4.78 is 43.9. The van der Waals surface area contributed by atoms with Crippen molar-refractivity contribution in [3.8, 4) is 0 Å². The Morgan fingerprint density at radius 1 is 1.48 bits per heavy atom. The summed E-state index contributed by atoms with van der Waals surface area (Å²) in [4.78, 5) is -0.0706. The lowest BCUT2D eigenvalue weighted by Gasteiger charge is -2.31. The molecule has 2 atom stereocenters. The molecule has 3 N–H and O–H groups in total. The van der Waals surface area contributed by atoms with Crippen LogP contribution in [0.3, 0.4) is 0 Å². The second-order valence-corrected chi connectivity index (χ2v) is 5.87. The molecule has 2 rings (SSSR count). The highest BCUT2D eigenvalue weighted by molar-refractivity contribution is 7.80. The van der Waals surface area contributed by atoms with E-state index in [1.54, 1.807) is 0 Å². The second kappa shape index (κ2) is 5.46. The van der Waals surface area contributed by atoms with Gasteiger partial charge in [0.1, 0.15) is 4.99 Å². The van der Waals surface area contributed by atoms with Gasteiger partial charge in [0.05, 0.1) is 17.2 Å². The molecular formula is C14H17F3N2OS. The molecule has 1 aliphatic heterocycles. The first-order valence-electron chi connectivity index (χ1n) is 6.54. The summed E-state index contributed by atoms with van der Waals surface area (Å²) in [6.07, 6.45) is -3.73. The third-order valence-corrected chi connectivity index (χ3v) is 4.14. The van der Waals surface area contributed by atoms with Gasteiger partial charge in [-0.25, -0.2) is 0 Å². The van der Waals surface area contributed by atoms with E-state index in [2.05, 4.69) is 5.32 Å². The van der Waals surface area contributed by atoms with E-state index >= 15 is 0 Å². The van der Waals surface area contributed by atoms with Crippen LogP contribution < -0.4 is 11.1 Å². The number of nitrogens with two attached hydrogens (primary N) is 1. The Morgan fingerprint density at radius 3 is 2.62 bits per heavy atom. The number of alkyl halides is 3. The Bertz CT molecular complexity index is 562. The zero-order valence-corrected chi connectivity index (χ0v) is 12.6. The van der Waals surface area contributed by atoms with E-state index < -0.39 is 11.7 Å². The minimum absolute atomic E-state index is 0.0565. The fourth-order valence-electron chi connectivity index (χ4n) is 2.34. The number of anilines is 1. The summed E-state index contributed by atoms with van der Waals surface area (Å²) in [5.74, 6) is 0. The number of benzene rings is 1. The monoisotopic (exact) mass is 318 g/mol. The maximum absolute atomic E-state index is 12.8. The van der Waals surface area contributed by atoms with Crippen molar-refractivity contribution < 1.29 is 17.9 Å². The number of halogens is 3. The van der Waals surface area contributed by atoms with Crippen LogP contribution in [-0.2, 0) is 10.9 Å². The maximum atomic E-state index is 12.8. The van der Waals surface area contributed by atoms with E-state index in [0.29, 0.717) is 12.3 Å². The first kappa shape index (κ1) is 16.0. The van der Waals surface area contributed by atoms with Gasteiger partial charge in [-0.3, -0.25) is 0 Å². The Balaban J connectivity index is 2.38. The molecule has 1 aromatic carbocycles. The van der Waals surface area contributed by atoms with Crippen LogP contribution in [0.15, 0.2) is 18.2 Å². The zero-order valence-electron chi connectivity index (χ0n) is 11.8. The Morgan fingerprint density at radius 2 is 2.14 bits per heavy atom. The quantitative estimate of drug-likeness (QED) is 0.839. The largest absolute Gasteiger partial charge is 0.416 e. The molecule has 0 spiro atoms. The van der Waals surface area contributed by atoms with Gasteiger partial charge in [-0.05, 0) is 38.5 Å². The highest BCUT2D eigenvalue weighted by Crippen LogP contribution is 2.35. The van der Waals surface area contributed by atoms with Crippen molar-refractivity contribution in [1.29, 1.82) is 0 Å². The van der Waals surface area contributed by atoms with E-state index in [-0.39, 0.29) is 22.2 Å².